The summed E-state index contributed by atoms with van der Waals surface area (Å²) in [7, 11) is 0. The molecule has 2 aliphatic rings. The maximum absolute atomic E-state index is 13.1. The summed E-state index contributed by atoms with van der Waals surface area (Å²) in [6, 6.07) is -0.285. The van der Waals surface area contributed by atoms with E-state index in [1.807, 2.05) is 4.90 Å². The summed E-state index contributed by atoms with van der Waals surface area (Å²) in [5, 5.41) is 3.11. The van der Waals surface area contributed by atoms with E-state index in [1.54, 1.807) is 0 Å². The van der Waals surface area contributed by atoms with E-state index in [-0.39, 0.29) is 17.9 Å². The van der Waals surface area contributed by atoms with Crippen LogP contribution in [0.3, 0.4) is 0 Å². The molecule has 4 heteroatoms. The first-order valence-corrected chi connectivity index (χ1v) is 8.49. The van der Waals surface area contributed by atoms with Crippen molar-refractivity contribution in [3.05, 3.63) is 0 Å². The molecular formula is C17H30N2O2. The average molecular weight is 294 g/mol. The van der Waals surface area contributed by atoms with Gasteiger partial charge in [0.05, 0.1) is 0 Å². The molecule has 21 heavy (non-hydrogen) atoms. The van der Waals surface area contributed by atoms with Gasteiger partial charge in [-0.05, 0) is 31.1 Å². The minimum absolute atomic E-state index is 0.0610. The van der Waals surface area contributed by atoms with Crippen molar-refractivity contribution in [2.75, 3.05) is 6.54 Å². The number of piperazine rings is 1. The highest BCUT2D eigenvalue weighted by molar-refractivity contribution is 5.99. The van der Waals surface area contributed by atoms with Crippen molar-refractivity contribution >= 4 is 11.8 Å². The van der Waals surface area contributed by atoms with E-state index in [2.05, 4.69) is 33.0 Å². The molecule has 1 atom stereocenters. The third-order valence-corrected chi connectivity index (χ3v) is 4.68. The monoisotopic (exact) mass is 294 g/mol. The smallest absolute Gasteiger partial charge is 0.249 e. The highest BCUT2D eigenvalue weighted by atomic mass is 16.2. The zero-order chi connectivity index (χ0) is 15.6. The van der Waals surface area contributed by atoms with Crippen LogP contribution in [0.5, 0.6) is 0 Å². The van der Waals surface area contributed by atoms with Crippen molar-refractivity contribution in [2.45, 2.75) is 77.8 Å². The maximum atomic E-state index is 13.1. The van der Waals surface area contributed by atoms with Gasteiger partial charge in [0.1, 0.15) is 11.6 Å². The Morgan fingerprint density at radius 3 is 2.24 bits per heavy atom. The summed E-state index contributed by atoms with van der Waals surface area (Å²) in [4.78, 5) is 27.6. The number of nitrogens with zero attached hydrogens (tertiary/aromatic N) is 1. The van der Waals surface area contributed by atoms with Crippen LogP contribution in [0.1, 0.15) is 66.2 Å². The molecule has 1 unspecified atom stereocenters. The van der Waals surface area contributed by atoms with E-state index in [0.29, 0.717) is 18.4 Å². The van der Waals surface area contributed by atoms with E-state index >= 15 is 0 Å². The summed E-state index contributed by atoms with van der Waals surface area (Å²) in [5.41, 5.74) is -0.600. The van der Waals surface area contributed by atoms with E-state index in [1.165, 1.54) is 6.42 Å². The van der Waals surface area contributed by atoms with Crippen LogP contribution < -0.4 is 5.32 Å². The fraction of sp³-hybridized carbons (Fsp3) is 0.882. The molecule has 1 spiro atoms. The molecule has 0 aromatic carbocycles. The standard InChI is InChI=1S/C17H30N2O2/c1-12(2)10-14-15(20)18-17(8-6-5-7-9-17)16(21)19(14)11-13(3)4/h12-14H,5-11H2,1-4H3,(H,18,20). The number of nitrogens with one attached hydrogen (secondary N) is 1. The SMILES string of the molecule is CC(C)CC1C(=O)NC2(CCCCC2)C(=O)N1CC(C)C. The Bertz CT molecular complexity index is 398. The Kier molecular flexibility index (Phi) is 4.95. The van der Waals surface area contributed by atoms with Crippen LogP contribution in [0.15, 0.2) is 0 Å². The molecule has 0 aromatic rings. The lowest BCUT2D eigenvalue weighted by Gasteiger charge is -2.48. The topological polar surface area (TPSA) is 49.4 Å². The highest BCUT2D eigenvalue weighted by Crippen LogP contribution is 2.34. The van der Waals surface area contributed by atoms with Gasteiger partial charge in [-0.2, -0.15) is 0 Å². The summed E-state index contributed by atoms with van der Waals surface area (Å²) in [6.07, 6.45) is 5.61. The molecular weight excluding hydrogens is 264 g/mol. The predicted molar refractivity (Wildman–Crippen MR) is 83.8 cm³/mol. The molecule has 1 aliphatic heterocycles. The molecule has 1 saturated carbocycles. The summed E-state index contributed by atoms with van der Waals surface area (Å²) < 4.78 is 0. The number of hydrogen-bond acceptors (Lipinski definition) is 2. The zero-order valence-electron chi connectivity index (χ0n) is 13.9. The molecule has 1 heterocycles. The first-order valence-electron chi connectivity index (χ1n) is 8.49. The minimum atomic E-state index is -0.600. The fourth-order valence-corrected chi connectivity index (χ4v) is 3.71. The van der Waals surface area contributed by atoms with Gasteiger partial charge in [0.15, 0.2) is 0 Å². The Balaban J connectivity index is 2.26. The van der Waals surface area contributed by atoms with Gasteiger partial charge in [0.2, 0.25) is 11.8 Å². The number of hydrogen-bond donors (Lipinski definition) is 1. The molecule has 2 fully saturated rings. The van der Waals surface area contributed by atoms with Gasteiger partial charge < -0.3 is 10.2 Å². The maximum Gasteiger partial charge on any atom is 0.249 e. The number of rotatable bonds is 4. The van der Waals surface area contributed by atoms with Gasteiger partial charge in [0, 0.05) is 6.54 Å². The van der Waals surface area contributed by atoms with Crippen molar-refractivity contribution in [3.8, 4) is 0 Å². The molecule has 1 saturated heterocycles. The second kappa shape index (κ2) is 6.37. The minimum Gasteiger partial charge on any atom is -0.340 e. The Labute approximate surface area is 128 Å². The van der Waals surface area contributed by atoms with Crippen LogP contribution in [0, 0.1) is 11.8 Å². The van der Waals surface area contributed by atoms with E-state index in [0.717, 1.165) is 32.1 Å². The molecule has 1 aliphatic carbocycles. The number of amides is 2. The lowest BCUT2D eigenvalue weighted by Crippen LogP contribution is -2.71. The van der Waals surface area contributed by atoms with Gasteiger partial charge in [-0.15, -0.1) is 0 Å². The first-order chi connectivity index (χ1) is 9.85. The van der Waals surface area contributed by atoms with Crippen molar-refractivity contribution in [1.82, 2.24) is 10.2 Å². The third kappa shape index (κ3) is 3.41. The van der Waals surface area contributed by atoms with E-state index in [9.17, 15) is 9.59 Å². The van der Waals surface area contributed by atoms with Crippen LogP contribution >= 0.6 is 0 Å². The molecule has 0 bridgehead atoms. The largest absolute Gasteiger partial charge is 0.340 e. The van der Waals surface area contributed by atoms with Crippen LogP contribution in [0.2, 0.25) is 0 Å². The zero-order valence-corrected chi connectivity index (χ0v) is 13.9. The Hall–Kier alpha value is -1.06. The summed E-state index contributed by atoms with van der Waals surface area (Å²) in [5.74, 6) is 1.02. The van der Waals surface area contributed by atoms with E-state index in [4.69, 9.17) is 0 Å². The van der Waals surface area contributed by atoms with Crippen LogP contribution in [-0.4, -0.2) is 34.8 Å². The van der Waals surface area contributed by atoms with Crippen molar-refractivity contribution in [1.29, 1.82) is 0 Å². The quantitative estimate of drug-likeness (QED) is 0.866. The average Bonchev–Trinajstić information content (AvgIpc) is 2.40. The van der Waals surface area contributed by atoms with Crippen molar-refractivity contribution in [2.24, 2.45) is 11.8 Å². The normalized spacial score (nSPS) is 25.8. The van der Waals surface area contributed by atoms with Crippen LogP contribution in [0.4, 0.5) is 0 Å². The second-order valence-electron chi connectivity index (χ2n) is 7.63. The van der Waals surface area contributed by atoms with Crippen LogP contribution in [-0.2, 0) is 9.59 Å². The highest BCUT2D eigenvalue weighted by Gasteiger charge is 2.50. The van der Waals surface area contributed by atoms with Gasteiger partial charge >= 0.3 is 0 Å². The third-order valence-electron chi connectivity index (χ3n) is 4.68. The predicted octanol–water partition coefficient (Wildman–Crippen LogP) is 2.72. The van der Waals surface area contributed by atoms with Crippen LogP contribution in [0.25, 0.3) is 0 Å². The molecule has 4 nitrogen and oxygen atoms in total. The van der Waals surface area contributed by atoms with Gasteiger partial charge in [-0.1, -0.05) is 47.0 Å². The number of carbonyl (C=O) groups is 2. The molecule has 2 rings (SSSR count). The lowest BCUT2D eigenvalue weighted by atomic mass is 9.77. The summed E-state index contributed by atoms with van der Waals surface area (Å²) in [6.45, 7) is 9.12. The lowest BCUT2D eigenvalue weighted by molar-refractivity contribution is -0.158. The van der Waals surface area contributed by atoms with Gasteiger partial charge in [0.25, 0.3) is 0 Å². The molecule has 120 valence electrons. The molecule has 2 amide bonds. The van der Waals surface area contributed by atoms with Gasteiger partial charge in [-0.3, -0.25) is 9.59 Å². The molecule has 0 radical (unpaired) electrons. The first kappa shape index (κ1) is 16.3. The number of carbonyl (C=O) groups excluding carboxylic acids is 2. The van der Waals surface area contributed by atoms with Gasteiger partial charge in [-0.25, -0.2) is 0 Å². The van der Waals surface area contributed by atoms with Crippen molar-refractivity contribution < 1.29 is 9.59 Å². The second-order valence-corrected chi connectivity index (χ2v) is 7.63. The summed E-state index contributed by atoms with van der Waals surface area (Å²) >= 11 is 0. The van der Waals surface area contributed by atoms with E-state index < -0.39 is 5.54 Å². The molecule has 1 N–H and O–H groups in total. The Morgan fingerprint density at radius 1 is 1.10 bits per heavy atom. The Morgan fingerprint density at radius 2 is 1.71 bits per heavy atom. The van der Waals surface area contributed by atoms with Crippen molar-refractivity contribution in [3.63, 3.8) is 0 Å². The fourth-order valence-electron chi connectivity index (χ4n) is 3.71. The molecule has 0 aromatic heterocycles.